The molecular weight excluding hydrogens is 1000 g/mol. The highest BCUT2D eigenvalue weighted by Gasteiger charge is 2.32. The Balaban J connectivity index is 0.000000195. The van der Waals surface area contributed by atoms with E-state index in [9.17, 15) is 24.0 Å². The molecule has 0 atom stereocenters. The SMILES string of the molecule is CNC(=O)c1ccc2c(C)cc(=O)n(CCN3CCC(N(Cc4ccc5c(c4)OCCO5)C(=O)OC(C)(C)C)CC3)c2c1.CNC(=O)c1ccc2c(C)cc(=O)n(CCN3CCC(NCc4ccc5c(c4)OCCO5)CC3)c2c1. The van der Waals surface area contributed by atoms with Crippen LogP contribution in [0.25, 0.3) is 21.8 Å². The third-order valence-corrected chi connectivity index (χ3v) is 15.3. The summed E-state index contributed by atoms with van der Waals surface area (Å²) in [6, 6.07) is 26.8. The van der Waals surface area contributed by atoms with Gasteiger partial charge in [0.25, 0.3) is 22.9 Å². The number of hydrogen-bond donors (Lipinski definition) is 3. The predicted molar refractivity (Wildman–Crippen MR) is 305 cm³/mol. The molecule has 6 aromatic rings. The number of fused-ring (bicyclic) bond motifs is 4. The van der Waals surface area contributed by atoms with Crippen molar-refractivity contribution in [2.45, 2.75) is 104 Å². The molecule has 3 amide bonds. The lowest BCUT2D eigenvalue weighted by Crippen LogP contribution is -2.49. The number of nitrogens with one attached hydrogen (secondary N) is 3. The number of rotatable bonds is 14. The number of aryl methyl sites for hydroxylation is 2. The maximum atomic E-state index is 13.4. The number of likely N-dealkylation sites (tertiary alicyclic amines) is 2. The van der Waals surface area contributed by atoms with E-state index in [0.717, 1.165) is 121 Å². The van der Waals surface area contributed by atoms with Crippen LogP contribution in [0.4, 0.5) is 4.79 Å². The fourth-order valence-electron chi connectivity index (χ4n) is 10.9. The van der Waals surface area contributed by atoms with Crippen LogP contribution in [0, 0.1) is 13.8 Å². The first-order valence-corrected chi connectivity index (χ1v) is 27.7. The van der Waals surface area contributed by atoms with Crippen LogP contribution < -0.4 is 46.0 Å². The van der Waals surface area contributed by atoms with Gasteiger partial charge >= 0.3 is 6.09 Å². The van der Waals surface area contributed by atoms with Crippen molar-refractivity contribution in [2.75, 3.05) is 79.8 Å². The summed E-state index contributed by atoms with van der Waals surface area (Å²) >= 11 is 0. The zero-order valence-corrected chi connectivity index (χ0v) is 46.8. The Labute approximate surface area is 461 Å². The van der Waals surface area contributed by atoms with E-state index in [1.807, 2.05) is 88.0 Å². The molecule has 2 saturated heterocycles. The molecule has 10 rings (SSSR count). The lowest BCUT2D eigenvalue weighted by Gasteiger charge is -2.39. The zero-order chi connectivity index (χ0) is 55.8. The minimum atomic E-state index is -0.607. The van der Waals surface area contributed by atoms with Gasteiger partial charge in [-0.15, -0.1) is 0 Å². The molecule has 0 radical (unpaired) electrons. The molecule has 2 fully saturated rings. The number of pyridine rings is 2. The molecule has 0 spiro atoms. The van der Waals surface area contributed by atoms with Crippen LogP contribution in [-0.4, -0.2) is 139 Å². The number of nitrogens with zero attached hydrogens (tertiary/aromatic N) is 5. The minimum Gasteiger partial charge on any atom is -0.486 e. The van der Waals surface area contributed by atoms with Crippen LogP contribution in [0.1, 0.15) is 89.4 Å². The number of piperidine rings is 2. The summed E-state index contributed by atoms with van der Waals surface area (Å²) in [5, 5.41) is 11.0. The van der Waals surface area contributed by atoms with Gasteiger partial charge in [0.2, 0.25) is 0 Å². The molecular formula is C61H76N8O10. The van der Waals surface area contributed by atoms with Gasteiger partial charge in [-0.3, -0.25) is 19.2 Å². The van der Waals surface area contributed by atoms with Crippen LogP contribution >= 0.6 is 0 Å². The Morgan fingerprint density at radius 3 is 1.52 bits per heavy atom. The first-order valence-electron chi connectivity index (χ1n) is 27.7. The van der Waals surface area contributed by atoms with E-state index in [0.29, 0.717) is 75.5 Å². The van der Waals surface area contributed by atoms with Gasteiger partial charge in [-0.05, 0) is 144 Å². The number of aromatic nitrogens is 2. The molecule has 4 aromatic carbocycles. The summed E-state index contributed by atoms with van der Waals surface area (Å²) in [7, 11) is 3.21. The number of amides is 3. The van der Waals surface area contributed by atoms with Crippen LogP contribution in [0.5, 0.6) is 23.0 Å². The minimum absolute atomic E-state index is 0.0114. The molecule has 2 aromatic heterocycles. The second-order valence-corrected chi connectivity index (χ2v) is 21.9. The van der Waals surface area contributed by atoms with Crippen molar-refractivity contribution in [1.29, 1.82) is 0 Å². The van der Waals surface area contributed by atoms with Crippen molar-refractivity contribution < 1.29 is 38.1 Å². The van der Waals surface area contributed by atoms with E-state index in [1.165, 1.54) is 5.56 Å². The molecule has 3 N–H and O–H groups in total. The molecule has 79 heavy (non-hydrogen) atoms. The van der Waals surface area contributed by atoms with Crippen LogP contribution in [0.15, 0.2) is 94.5 Å². The van der Waals surface area contributed by atoms with E-state index in [1.54, 1.807) is 47.5 Å². The summed E-state index contributed by atoms with van der Waals surface area (Å²) in [6.07, 6.45) is 3.37. The topological polar surface area (TPSA) is 187 Å². The zero-order valence-electron chi connectivity index (χ0n) is 46.8. The lowest BCUT2D eigenvalue weighted by molar-refractivity contribution is 0.00560. The number of hydrogen-bond acceptors (Lipinski definition) is 13. The van der Waals surface area contributed by atoms with Gasteiger partial charge in [-0.1, -0.05) is 24.3 Å². The highest BCUT2D eigenvalue weighted by molar-refractivity contribution is 5.99. The van der Waals surface area contributed by atoms with Gasteiger partial charge in [0.1, 0.15) is 32.0 Å². The first-order chi connectivity index (χ1) is 38.0. The maximum absolute atomic E-state index is 13.4. The Morgan fingerprint density at radius 1 is 0.582 bits per heavy atom. The molecule has 0 aliphatic carbocycles. The van der Waals surface area contributed by atoms with E-state index in [2.05, 4.69) is 37.9 Å². The highest BCUT2D eigenvalue weighted by atomic mass is 16.6. The Hall–Kier alpha value is -7.41. The van der Waals surface area contributed by atoms with Crippen LogP contribution in [0.2, 0.25) is 0 Å². The van der Waals surface area contributed by atoms with Crippen molar-refractivity contribution >= 4 is 39.7 Å². The van der Waals surface area contributed by atoms with Gasteiger partial charge in [0, 0.05) is 113 Å². The smallest absolute Gasteiger partial charge is 0.410 e. The Bertz CT molecular complexity index is 3300. The molecule has 4 aliphatic heterocycles. The number of benzene rings is 4. The summed E-state index contributed by atoms with van der Waals surface area (Å²) in [5.41, 5.74) is 5.93. The first kappa shape index (κ1) is 56.3. The lowest BCUT2D eigenvalue weighted by atomic mass is 10.0. The molecule has 0 saturated carbocycles. The van der Waals surface area contributed by atoms with E-state index in [-0.39, 0.29) is 35.1 Å². The van der Waals surface area contributed by atoms with Gasteiger partial charge in [0.15, 0.2) is 23.0 Å². The quantitative estimate of drug-likeness (QED) is 0.101. The van der Waals surface area contributed by atoms with Crippen LogP contribution in [-0.2, 0) is 30.9 Å². The van der Waals surface area contributed by atoms with Crippen molar-refractivity contribution in [3.05, 3.63) is 139 Å². The van der Waals surface area contributed by atoms with Gasteiger partial charge in [0.05, 0.1) is 11.0 Å². The second kappa shape index (κ2) is 25.1. The van der Waals surface area contributed by atoms with Crippen molar-refractivity contribution in [3.8, 4) is 23.0 Å². The molecule has 18 heteroatoms. The van der Waals surface area contributed by atoms with Crippen molar-refractivity contribution in [3.63, 3.8) is 0 Å². The van der Waals surface area contributed by atoms with E-state index < -0.39 is 5.60 Å². The monoisotopic (exact) mass is 1080 g/mol. The van der Waals surface area contributed by atoms with Gasteiger partial charge in [-0.25, -0.2) is 4.79 Å². The maximum Gasteiger partial charge on any atom is 0.410 e. The molecule has 4 aliphatic rings. The van der Waals surface area contributed by atoms with E-state index in [4.69, 9.17) is 23.7 Å². The van der Waals surface area contributed by atoms with Crippen molar-refractivity contribution in [2.24, 2.45) is 0 Å². The normalized spacial score (nSPS) is 16.0. The molecule has 6 heterocycles. The fraction of sp³-hybridized carbons (Fsp3) is 0.459. The average Bonchev–Trinajstić information content (AvgIpc) is 3.50. The van der Waals surface area contributed by atoms with Crippen molar-refractivity contribution in [1.82, 2.24) is 39.8 Å². The number of ether oxygens (including phenoxy) is 5. The van der Waals surface area contributed by atoms with Crippen LogP contribution in [0.3, 0.4) is 0 Å². The Kier molecular flexibility index (Phi) is 17.9. The largest absolute Gasteiger partial charge is 0.486 e. The fourth-order valence-corrected chi connectivity index (χ4v) is 10.9. The highest BCUT2D eigenvalue weighted by Crippen LogP contribution is 2.33. The van der Waals surface area contributed by atoms with Gasteiger partial charge in [-0.2, -0.15) is 0 Å². The third-order valence-electron chi connectivity index (χ3n) is 15.3. The number of carbonyl (C=O) groups is 3. The molecule has 0 unspecified atom stereocenters. The van der Waals surface area contributed by atoms with Gasteiger partial charge < -0.3 is 63.5 Å². The summed E-state index contributed by atoms with van der Waals surface area (Å²) in [5.74, 6) is 2.74. The number of carbonyl (C=O) groups excluding carboxylic acids is 3. The standard InChI is InChI=1S/C33H42N4O6.C28H34N4O4/c1-22-18-30(38)36(27-20-24(31(39)34-5)7-8-26(22)27)15-14-35-12-10-25(11-13-35)37(32(40)43-33(2,3)4)21-23-6-9-28-29(19-23)42-17-16-41-28;1-19-15-27(33)32(24-17-21(28(34)29-2)4-5-23(19)24)12-11-31-9-7-22(8-10-31)30-18-20-3-6-25-26(16-20)36-14-13-35-25/h6-9,18-20,25H,10-17,21H2,1-5H3,(H,34,39);3-6,15-17,22,30H,7-14,18H2,1-2H3,(H,29,34). The summed E-state index contributed by atoms with van der Waals surface area (Å²) in [4.78, 5) is 70.3. The summed E-state index contributed by atoms with van der Waals surface area (Å²) in [6.45, 7) is 19.1. The second-order valence-electron chi connectivity index (χ2n) is 21.9. The van der Waals surface area contributed by atoms with E-state index >= 15 is 0 Å². The predicted octanol–water partition coefficient (Wildman–Crippen LogP) is 7.04. The Morgan fingerprint density at radius 2 is 1.04 bits per heavy atom. The molecule has 18 nitrogen and oxygen atoms in total. The summed E-state index contributed by atoms with van der Waals surface area (Å²) < 4.78 is 32.1. The molecule has 420 valence electrons. The average molecular weight is 1080 g/mol. The third kappa shape index (κ3) is 13.9. The molecule has 0 bridgehead atoms.